The lowest BCUT2D eigenvalue weighted by Gasteiger charge is -2.43. The van der Waals surface area contributed by atoms with Gasteiger partial charge >= 0.3 is 0 Å². The molecule has 198 valence electrons. The predicted octanol–water partition coefficient (Wildman–Crippen LogP) is 6.08. The molecule has 1 fully saturated rings. The van der Waals surface area contributed by atoms with Gasteiger partial charge in [-0.25, -0.2) is 0 Å². The fourth-order valence-corrected chi connectivity index (χ4v) is 9.93. The van der Waals surface area contributed by atoms with E-state index in [1.165, 1.54) is 10.4 Å². The predicted molar refractivity (Wildman–Crippen MR) is 153 cm³/mol. The maximum Gasteiger partial charge on any atom is 0.261 e. The summed E-state index contributed by atoms with van der Waals surface area (Å²) in [4.78, 5) is 0. The normalized spacial score (nSPS) is 18.6. The minimum Gasteiger partial charge on any atom is -0.407 e. The Hall–Kier alpha value is -2.28. The van der Waals surface area contributed by atoms with Crippen LogP contribution in [0.2, 0.25) is 5.04 Å². The quantitative estimate of drug-likeness (QED) is 0.228. The zero-order valence-electron chi connectivity index (χ0n) is 23.0. The van der Waals surface area contributed by atoms with E-state index in [9.17, 15) is 0 Å². The van der Waals surface area contributed by atoms with Gasteiger partial charge in [0.1, 0.15) is 6.10 Å². The van der Waals surface area contributed by atoms with E-state index >= 15 is 0 Å². The van der Waals surface area contributed by atoms with Crippen LogP contribution in [0.25, 0.3) is 0 Å². The Morgan fingerprint density at radius 2 is 1.41 bits per heavy atom. The number of hydrogen-bond donors (Lipinski definition) is 0. The number of rotatable bonds is 11. The molecule has 4 rings (SSSR count). The summed E-state index contributed by atoms with van der Waals surface area (Å²) >= 11 is 0. The van der Waals surface area contributed by atoms with E-state index in [0.29, 0.717) is 19.8 Å². The minimum atomic E-state index is -2.54. The summed E-state index contributed by atoms with van der Waals surface area (Å²) in [6, 6.07) is 31.9. The molecule has 0 saturated carbocycles. The zero-order valence-corrected chi connectivity index (χ0v) is 24.0. The Morgan fingerprint density at radius 3 is 1.89 bits per heavy atom. The first-order valence-electron chi connectivity index (χ1n) is 13.4. The molecule has 0 spiro atoms. The molecule has 4 nitrogen and oxygen atoms in total. The molecule has 3 aromatic rings. The zero-order chi connectivity index (χ0) is 26.4. The molecule has 0 amide bonds. The van der Waals surface area contributed by atoms with Crippen LogP contribution in [0.1, 0.15) is 53.0 Å². The standard InChI is InChI=1S/C32H42O4Si/c1-31(2,3)37(27-18-11-7-12-19-27,28-20-13-8-14-21-28)35-23-15-22-29(30-25-34-32(4,5)36-30)33-24-26-16-9-6-10-17-26/h6-14,16-21,29-30H,15,22-25H2,1-5H3/t29-,30-/m0/s1. The molecule has 0 N–H and O–H groups in total. The van der Waals surface area contributed by atoms with Crippen molar-refractivity contribution in [2.24, 2.45) is 0 Å². The molecule has 37 heavy (non-hydrogen) atoms. The van der Waals surface area contributed by atoms with Gasteiger partial charge in [-0.15, -0.1) is 0 Å². The second kappa shape index (κ2) is 12.1. The van der Waals surface area contributed by atoms with Gasteiger partial charge in [0.25, 0.3) is 8.32 Å². The molecular formula is C32H42O4Si. The SMILES string of the molecule is CC1(C)OC[C@@H]([C@H](CCCO[Si](c2ccccc2)(c2ccccc2)C(C)(C)C)OCc2ccccc2)O1. The van der Waals surface area contributed by atoms with Crippen LogP contribution in [0.4, 0.5) is 0 Å². The van der Waals surface area contributed by atoms with Crippen LogP contribution in [0.15, 0.2) is 91.0 Å². The number of ether oxygens (including phenoxy) is 3. The number of hydrogen-bond acceptors (Lipinski definition) is 4. The van der Waals surface area contributed by atoms with E-state index in [0.717, 1.165) is 18.4 Å². The molecule has 3 aromatic carbocycles. The molecule has 0 unspecified atom stereocenters. The molecule has 0 bridgehead atoms. The maximum absolute atomic E-state index is 7.09. The highest BCUT2D eigenvalue weighted by molar-refractivity contribution is 6.99. The van der Waals surface area contributed by atoms with Gasteiger partial charge in [-0.05, 0) is 47.7 Å². The fourth-order valence-electron chi connectivity index (χ4n) is 5.32. The molecular weight excluding hydrogens is 476 g/mol. The van der Waals surface area contributed by atoms with Crippen molar-refractivity contribution in [1.29, 1.82) is 0 Å². The van der Waals surface area contributed by atoms with Crippen molar-refractivity contribution in [3.05, 3.63) is 96.6 Å². The lowest BCUT2D eigenvalue weighted by atomic mass is 10.1. The van der Waals surface area contributed by atoms with Gasteiger partial charge in [0.05, 0.1) is 19.3 Å². The summed E-state index contributed by atoms with van der Waals surface area (Å²) in [5, 5.41) is 2.57. The van der Waals surface area contributed by atoms with E-state index < -0.39 is 14.1 Å². The van der Waals surface area contributed by atoms with Crippen molar-refractivity contribution >= 4 is 18.7 Å². The van der Waals surface area contributed by atoms with Crippen LogP contribution in [0, 0.1) is 0 Å². The van der Waals surface area contributed by atoms with Crippen molar-refractivity contribution in [3.8, 4) is 0 Å². The minimum absolute atomic E-state index is 0.0364. The van der Waals surface area contributed by atoms with E-state index in [4.69, 9.17) is 18.6 Å². The largest absolute Gasteiger partial charge is 0.407 e. The van der Waals surface area contributed by atoms with Gasteiger partial charge in [0.15, 0.2) is 5.79 Å². The van der Waals surface area contributed by atoms with Crippen molar-refractivity contribution in [1.82, 2.24) is 0 Å². The number of benzene rings is 3. The highest BCUT2D eigenvalue weighted by Gasteiger charge is 2.50. The third-order valence-electron chi connectivity index (χ3n) is 7.12. The Balaban J connectivity index is 1.50. The summed E-state index contributed by atoms with van der Waals surface area (Å²) in [6.45, 7) is 12.6. The third-order valence-corrected chi connectivity index (χ3v) is 12.2. The first-order chi connectivity index (χ1) is 17.7. The highest BCUT2D eigenvalue weighted by atomic mass is 28.4. The van der Waals surface area contributed by atoms with Gasteiger partial charge in [-0.1, -0.05) is 112 Å². The molecule has 1 aliphatic rings. The van der Waals surface area contributed by atoms with Crippen LogP contribution in [-0.4, -0.2) is 39.5 Å². The van der Waals surface area contributed by atoms with E-state index in [-0.39, 0.29) is 17.2 Å². The van der Waals surface area contributed by atoms with Crippen molar-refractivity contribution < 1.29 is 18.6 Å². The Bertz CT molecular complexity index is 1040. The lowest BCUT2D eigenvalue weighted by molar-refractivity contribution is -0.158. The van der Waals surface area contributed by atoms with Gasteiger partial charge in [-0.3, -0.25) is 0 Å². The molecule has 5 heteroatoms. The Morgan fingerprint density at radius 1 is 0.865 bits per heavy atom. The van der Waals surface area contributed by atoms with E-state index in [1.807, 2.05) is 32.0 Å². The monoisotopic (exact) mass is 518 g/mol. The average molecular weight is 519 g/mol. The maximum atomic E-state index is 7.09. The van der Waals surface area contributed by atoms with E-state index in [2.05, 4.69) is 93.6 Å². The topological polar surface area (TPSA) is 36.9 Å². The van der Waals surface area contributed by atoms with Crippen molar-refractivity contribution in [3.63, 3.8) is 0 Å². The summed E-state index contributed by atoms with van der Waals surface area (Å²) in [6.07, 6.45) is 1.57. The summed E-state index contributed by atoms with van der Waals surface area (Å²) in [5.74, 6) is -0.579. The van der Waals surface area contributed by atoms with Gasteiger partial charge in [0, 0.05) is 6.61 Å². The van der Waals surface area contributed by atoms with Crippen molar-refractivity contribution in [2.75, 3.05) is 13.2 Å². The molecule has 1 heterocycles. The van der Waals surface area contributed by atoms with Crippen molar-refractivity contribution in [2.45, 2.75) is 77.1 Å². The lowest BCUT2D eigenvalue weighted by Crippen LogP contribution is -2.66. The highest BCUT2D eigenvalue weighted by Crippen LogP contribution is 2.37. The fraction of sp³-hybridized carbons (Fsp3) is 0.438. The first-order valence-corrected chi connectivity index (χ1v) is 15.3. The second-order valence-corrected chi connectivity index (χ2v) is 15.7. The third kappa shape index (κ3) is 6.78. The van der Waals surface area contributed by atoms with Gasteiger partial charge < -0.3 is 18.6 Å². The van der Waals surface area contributed by atoms with Gasteiger partial charge in [0.2, 0.25) is 0 Å². The Labute approximate surface area is 224 Å². The summed E-state index contributed by atoms with van der Waals surface area (Å²) < 4.78 is 25.6. The van der Waals surface area contributed by atoms with Crippen LogP contribution < -0.4 is 10.4 Å². The molecule has 0 aromatic heterocycles. The molecule has 2 atom stereocenters. The van der Waals surface area contributed by atoms with Gasteiger partial charge in [-0.2, -0.15) is 0 Å². The molecule has 0 radical (unpaired) electrons. The van der Waals surface area contributed by atoms with Crippen LogP contribution in [0.3, 0.4) is 0 Å². The molecule has 0 aliphatic carbocycles. The van der Waals surface area contributed by atoms with Crippen LogP contribution in [0.5, 0.6) is 0 Å². The summed E-state index contributed by atoms with van der Waals surface area (Å²) in [5.41, 5.74) is 1.16. The summed E-state index contributed by atoms with van der Waals surface area (Å²) in [7, 11) is -2.54. The molecule has 1 aliphatic heterocycles. The van der Waals surface area contributed by atoms with Crippen LogP contribution >= 0.6 is 0 Å². The Kier molecular flexibility index (Phi) is 9.04. The average Bonchev–Trinajstić information content (AvgIpc) is 3.26. The second-order valence-electron chi connectivity index (χ2n) is 11.4. The van der Waals surface area contributed by atoms with E-state index in [1.54, 1.807) is 0 Å². The first kappa shape index (κ1) is 27.7. The molecule has 1 saturated heterocycles. The smallest absolute Gasteiger partial charge is 0.261 e. The van der Waals surface area contributed by atoms with Crippen LogP contribution in [-0.2, 0) is 25.2 Å².